The molecule has 2 rings (SSSR count). The van der Waals surface area contributed by atoms with E-state index in [-0.39, 0.29) is 18.4 Å². The smallest absolute Gasteiger partial charge is 0.265 e. The minimum atomic E-state index is -0.278. The van der Waals surface area contributed by atoms with Crippen molar-refractivity contribution in [1.29, 1.82) is 0 Å². The lowest BCUT2D eigenvalue weighted by molar-refractivity contribution is -0.120. The maximum Gasteiger partial charge on any atom is 0.265 e. The summed E-state index contributed by atoms with van der Waals surface area (Å²) < 4.78 is 1.04. The standard InChI is InChI=1S/C18H18IN3O3/c1-12(14-6-8-16(9-7-14)20-13(2)23)22-25-11-18(24)21-17-5-3-4-15(19)10-17/h3-10H,11H2,1-2H3,(H,20,23)(H,21,24)/b22-12+. The number of nitrogens with one attached hydrogen (secondary N) is 2. The summed E-state index contributed by atoms with van der Waals surface area (Å²) in [5.41, 5.74) is 2.90. The van der Waals surface area contributed by atoms with Crippen LogP contribution in [0.15, 0.2) is 53.7 Å². The monoisotopic (exact) mass is 451 g/mol. The molecule has 0 atom stereocenters. The Bertz CT molecular complexity index is 788. The van der Waals surface area contributed by atoms with Crippen molar-refractivity contribution in [2.45, 2.75) is 13.8 Å². The van der Waals surface area contributed by atoms with E-state index in [1.807, 2.05) is 36.4 Å². The summed E-state index contributed by atoms with van der Waals surface area (Å²) in [6.07, 6.45) is 0. The third-order valence-corrected chi connectivity index (χ3v) is 3.80. The third-order valence-electron chi connectivity index (χ3n) is 3.13. The molecule has 0 aliphatic carbocycles. The van der Waals surface area contributed by atoms with Gasteiger partial charge in [0.1, 0.15) is 0 Å². The van der Waals surface area contributed by atoms with Crippen molar-refractivity contribution in [1.82, 2.24) is 0 Å². The largest absolute Gasteiger partial charge is 0.385 e. The second kappa shape index (κ2) is 9.16. The Morgan fingerprint density at radius 3 is 2.40 bits per heavy atom. The summed E-state index contributed by atoms with van der Waals surface area (Å²) in [7, 11) is 0. The van der Waals surface area contributed by atoms with Crippen LogP contribution in [0.25, 0.3) is 0 Å². The number of halogens is 1. The first-order valence-corrected chi connectivity index (χ1v) is 8.62. The lowest BCUT2D eigenvalue weighted by Crippen LogP contribution is -2.17. The van der Waals surface area contributed by atoms with Crippen molar-refractivity contribution in [3.63, 3.8) is 0 Å². The van der Waals surface area contributed by atoms with E-state index in [4.69, 9.17) is 4.84 Å². The van der Waals surface area contributed by atoms with E-state index in [0.29, 0.717) is 11.4 Å². The maximum atomic E-state index is 11.8. The normalized spacial score (nSPS) is 10.9. The molecule has 2 amide bonds. The highest BCUT2D eigenvalue weighted by Crippen LogP contribution is 2.12. The molecule has 0 radical (unpaired) electrons. The summed E-state index contributed by atoms with van der Waals surface area (Å²) in [6.45, 7) is 3.06. The molecule has 0 aliphatic heterocycles. The zero-order valence-corrected chi connectivity index (χ0v) is 16.0. The van der Waals surface area contributed by atoms with Gasteiger partial charge in [0, 0.05) is 21.9 Å². The first-order chi connectivity index (χ1) is 11.9. The number of hydrogen-bond donors (Lipinski definition) is 2. The zero-order valence-electron chi connectivity index (χ0n) is 13.9. The van der Waals surface area contributed by atoms with E-state index < -0.39 is 0 Å². The lowest BCUT2D eigenvalue weighted by atomic mass is 10.1. The number of hydrogen-bond acceptors (Lipinski definition) is 4. The Hall–Kier alpha value is -2.42. The molecule has 2 N–H and O–H groups in total. The molecule has 0 spiro atoms. The second-order valence-corrected chi connectivity index (χ2v) is 6.51. The van der Waals surface area contributed by atoms with Crippen LogP contribution in [-0.4, -0.2) is 24.1 Å². The van der Waals surface area contributed by atoms with Crippen LogP contribution in [0.2, 0.25) is 0 Å². The molecule has 6 nitrogen and oxygen atoms in total. The molecule has 25 heavy (non-hydrogen) atoms. The molecule has 0 fully saturated rings. The summed E-state index contributed by atoms with van der Waals surface area (Å²) >= 11 is 2.18. The zero-order chi connectivity index (χ0) is 18.2. The average molecular weight is 451 g/mol. The lowest BCUT2D eigenvalue weighted by Gasteiger charge is -2.06. The summed E-state index contributed by atoms with van der Waals surface area (Å²) in [5, 5.41) is 9.39. The van der Waals surface area contributed by atoms with Crippen LogP contribution < -0.4 is 10.6 Å². The van der Waals surface area contributed by atoms with E-state index in [2.05, 4.69) is 38.4 Å². The van der Waals surface area contributed by atoms with Crippen LogP contribution in [0.5, 0.6) is 0 Å². The average Bonchev–Trinajstić information content (AvgIpc) is 2.55. The highest BCUT2D eigenvalue weighted by molar-refractivity contribution is 14.1. The van der Waals surface area contributed by atoms with Gasteiger partial charge in [-0.2, -0.15) is 0 Å². The number of anilines is 2. The number of rotatable bonds is 6. The van der Waals surface area contributed by atoms with Gasteiger partial charge < -0.3 is 15.5 Å². The van der Waals surface area contributed by atoms with Crippen molar-refractivity contribution in [2.24, 2.45) is 5.16 Å². The molecular weight excluding hydrogens is 433 g/mol. The van der Waals surface area contributed by atoms with Crippen LogP contribution in [0.1, 0.15) is 19.4 Å². The van der Waals surface area contributed by atoms with Crippen molar-refractivity contribution >= 4 is 51.5 Å². The van der Waals surface area contributed by atoms with Gasteiger partial charge in [-0.1, -0.05) is 23.4 Å². The predicted octanol–water partition coefficient (Wildman–Crippen LogP) is 3.63. The van der Waals surface area contributed by atoms with Crippen molar-refractivity contribution in [2.75, 3.05) is 17.2 Å². The van der Waals surface area contributed by atoms with E-state index in [1.54, 1.807) is 19.1 Å². The van der Waals surface area contributed by atoms with Gasteiger partial charge in [0.2, 0.25) is 5.91 Å². The Morgan fingerprint density at radius 1 is 1.04 bits per heavy atom. The molecule has 0 saturated heterocycles. The second-order valence-electron chi connectivity index (χ2n) is 5.27. The fourth-order valence-corrected chi connectivity index (χ4v) is 2.54. The van der Waals surface area contributed by atoms with Gasteiger partial charge in [0.25, 0.3) is 5.91 Å². The van der Waals surface area contributed by atoms with E-state index in [9.17, 15) is 9.59 Å². The molecule has 0 heterocycles. The van der Waals surface area contributed by atoms with E-state index in [1.165, 1.54) is 6.92 Å². The van der Waals surface area contributed by atoms with Gasteiger partial charge in [0.05, 0.1) is 5.71 Å². The van der Waals surface area contributed by atoms with Crippen LogP contribution >= 0.6 is 22.6 Å². The van der Waals surface area contributed by atoms with Crippen molar-refractivity contribution < 1.29 is 14.4 Å². The summed E-state index contributed by atoms with van der Waals surface area (Å²) in [4.78, 5) is 27.9. The number of amides is 2. The van der Waals surface area contributed by atoms with E-state index in [0.717, 1.165) is 14.8 Å². The number of carbonyl (C=O) groups excluding carboxylic acids is 2. The van der Waals surface area contributed by atoms with Crippen LogP contribution in [0, 0.1) is 3.57 Å². The van der Waals surface area contributed by atoms with Gasteiger partial charge in [-0.3, -0.25) is 9.59 Å². The molecule has 0 aromatic heterocycles. The third kappa shape index (κ3) is 6.54. The Morgan fingerprint density at radius 2 is 1.76 bits per heavy atom. The Labute approximate surface area is 159 Å². The molecule has 7 heteroatoms. The van der Waals surface area contributed by atoms with Gasteiger partial charge in [-0.25, -0.2) is 0 Å². The minimum Gasteiger partial charge on any atom is -0.385 e. The predicted molar refractivity (Wildman–Crippen MR) is 107 cm³/mol. The number of benzene rings is 2. The van der Waals surface area contributed by atoms with E-state index >= 15 is 0 Å². The van der Waals surface area contributed by atoms with Crippen LogP contribution in [0.3, 0.4) is 0 Å². The number of carbonyl (C=O) groups is 2. The van der Waals surface area contributed by atoms with Gasteiger partial charge in [-0.05, 0) is 65.4 Å². The van der Waals surface area contributed by atoms with Crippen molar-refractivity contribution in [3.8, 4) is 0 Å². The quantitative estimate of drug-likeness (QED) is 0.400. The fraction of sp³-hybridized carbons (Fsp3) is 0.167. The molecule has 0 aliphatic rings. The molecule has 2 aromatic rings. The fourth-order valence-electron chi connectivity index (χ4n) is 2.00. The Balaban J connectivity index is 1.86. The SMILES string of the molecule is CC(=O)Nc1ccc(/C(C)=N/OCC(=O)Nc2cccc(I)c2)cc1. The molecule has 0 bridgehead atoms. The van der Waals surface area contributed by atoms with Crippen molar-refractivity contribution in [3.05, 3.63) is 57.7 Å². The highest BCUT2D eigenvalue weighted by atomic mass is 127. The first-order valence-electron chi connectivity index (χ1n) is 7.54. The topological polar surface area (TPSA) is 79.8 Å². The molecule has 2 aromatic carbocycles. The highest BCUT2D eigenvalue weighted by Gasteiger charge is 2.04. The van der Waals surface area contributed by atoms with Gasteiger partial charge >= 0.3 is 0 Å². The molecular formula is C18H18IN3O3. The summed E-state index contributed by atoms with van der Waals surface area (Å²) in [6, 6.07) is 14.7. The molecule has 130 valence electrons. The van der Waals surface area contributed by atoms with Gasteiger partial charge in [-0.15, -0.1) is 0 Å². The van der Waals surface area contributed by atoms with Crippen LogP contribution in [-0.2, 0) is 14.4 Å². The van der Waals surface area contributed by atoms with Gasteiger partial charge in [0.15, 0.2) is 6.61 Å². The summed E-state index contributed by atoms with van der Waals surface area (Å²) in [5.74, 6) is -0.403. The van der Waals surface area contributed by atoms with Crippen LogP contribution in [0.4, 0.5) is 11.4 Å². The molecule has 0 unspecified atom stereocenters. The first kappa shape index (κ1) is 18.9. The number of nitrogens with zero attached hydrogens (tertiary/aromatic N) is 1. The number of oxime groups is 1. The molecule has 0 saturated carbocycles. The maximum absolute atomic E-state index is 11.8. The minimum absolute atomic E-state index is 0.124. The Kier molecular flexibility index (Phi) is 6.93.